The normalized spacial score (nSPS) is 16.4. The van der Waals surface area contributed by atoms with Crippen molar-refractivity contribution in [1.29, 1.82) is 0 Å². The molecule has 6 nitrogen and oxygen atoms in total. The highest BCUT2D eigenvalue weighted by atomic mass is 16.6. The van der Waals surface area contributed by atoms with Crippen LogP contribution in [0.4, 0.5) is 4.79 Å². The first-order valence-electron chi connectivity index (χ1n) is 9.01. The van der Waals surface area contributed by atoms with E-state index in [1.165, 1.54) is 0 Å². The Morgan fingerprint density at radius 1 is 1.26 bits per heavy atom. The van der Waals surface area contributed by atoms with Gasteiger partial charge in [0, 0.05) is 23.7 Å². The van der Waals surface area contributed by atoms with Crippen molar-refractivity contribution in [2.45, 2.75) is 38.8 Å². The molecule has 2 heterocycles. The van der Waals surface area contributed by atoms with Crippen molar-refractivity contribution >= 4 is 12.4 Å². The summed E-state index contributed by atoms with van der Waals surface area (Å²) in [4.78, 5) is 29.3. The summed E-state index contributed by atoms with van der Waals surface area (Å²) >= 11 is 0. The van der Waals surface area contributed by atoms with Gasteiger partial charge in [0.05, 0.1) is 11.7 Å². The van der Waals surface area contributed by atoms with Crippen molar-refractivity contribution in [1.82, 2.24) is 9.88 Å². The summed E-state index contributed by atoms with van der Waals surface area (Å²) in [5, 5.41) is 0. The second-order valence-electron chi connectivity index (χ2n) is 7.53. The third-order valence-corrected chi connectivity index (χ3v) is 4.24. The number of ether oxygens (including phenoxy) is 2. The van der Waals surface area contributed by atoms with Crippen LogP contribution in [0.1, 0.15) is 37.6 Å². The van der Waals surface area contributed by atoms with Crippen LogP contribution in [0.2, 0.25) is 0 Å². The van der Waals surface area contributed by atoms with E-state index >= 15 is 0 Å². The molecule has 0 aliphatic carbocycles. The van der Waals surface area contributed by atoms with E-state index in [0.29, 0.717) is 24.6 Å². The fourth-order valence-corrected chi connectivity index (χ4v) is 2.78. The van der Waals surface area contributed by atoms with Crippen LogP contribution in [0.15, 0.2) is 42.5 Å². The van der Waals surface area contributed by atoms with Gasteiger partial charge < -0.3 is 14.4 Å². The van der Waals surface area contributed by atoms with Crippen molar-refractivity contribution in [3.63, 3.8) is 0 Å². The second kappa shape index (κ2) is 7.78. The summed E-state index contributed by atoms with van der Waals surface area (Å²) in [6, 6.07) is 12.8. The quantitative estimate of drug-likeness (QED) is 0.748. The zero-order valence-corrected chi connectivity index (χ0v) is 15.8. The van der Waals surface area contributed by atoms with Gasteiger partial charge >= 0.3 is 6.09 Å². The zero-order chi connectivity index (χ0) is 19.4. The molecule has 6 heteroatoms. The first-order chi connectivity index (χ1) is 12.9. The van der Waals surface area contributed by atoms with E-state index in [0.717, 1.165) is 24.0 Å². The molecule has 1 fully saturated rings. The van der Waals surface area contributed by atoms with Crippen molar-refractivity contribution in [2.24, 2.45) is 0 Å². The van der Waals surface area contributed by atoms with Gasteiger partial charge in [-0.3, -0.25) is 4.79 Å². The summed E-state index contributed by atoms with van der Waals surface area (Å²) in [6.45, 7) is 6.60. The summed E-state index contributed by atoms with van der Waals surface area (Å²) < 4.78 is 11.2. The number of amides is 1. The lowest BCUT2D eigenvalue weighted by atomic mass is 10.1. The number of aldehydes is 1. The highest BCUT2D eigenvalue weighted by Gasteiger charge is 2.35. The summed E-state index contributed by atoms with van der Waals surface area (Å²) in [7, 11) is 0. The Morgan fingerprint density at radius 2 is 2.04 bits per heavy atom. The van der Waals surface area contributed by atoms with Gasteiger partial charge in [0.2, 0.25) is 5.88 Å². The standard InChI is InChI=1S/C21H24N2O4/c1-21(2,3)27-20(25)23-11-10-17(23)14-26-19-9-5-8-18(22-19)16-7-4-6-15(12-16)13-24/h4-9,12-13,17H,10-11,14H2,1-3H3/t17-/m0/s1. The molecule has 1 aromatic carbocycles. The molecule has 27 heavy (non-hydrogen) atoms. The first-order valence-corrected chi connectivity index (χ1v) is 9.01. The van der Waals surface area contributed by atoms with Crippen LogP contribution in [0.5, 0.6) is 5.88 Å². The van der Waals surface area contributed by atoms with E-state index < -0.39 is 5.60 Å². The molecule has 0 unspecified atom stereocenters. The lowest BCUT2D eigenvalue weighted by Gasteiger charge is -2.40. The topological polar surface area (TPSA) is 68.7 Å². The number of hydrogen-bond acceptors (Lipinski definition) is 5. The largest absolute Gasteiger partial charge is 0.475 e. The average molecular weight is 368 g/mol. The molecular formula is C21H24N2O4. The molecular weight excluding hydrogens is 344 g/mol. The van der Waals surface area contributed by atoms with Crippen LogP contribution in [0, 0.1) is 0 Å². The molecule has 1 aromatic heterocycles. The van der Waals surface area contributed by atoms with Gasteiger partial charge in [-0.25, -0.2) is 9.78 Å². The maximum absolute atomic E-state index is 12.2. The molecule has 0 saturated carbocycles. The Labute approximate surface area is 159 Å². The first kappa shape index (κ1) is 18.9. The van der Waals surface area contributed by atoms with Gasteiger partial charge in [-0.1, -0.05) is 24.3 Å². The lowest BCUT2D eigenvalue weighted by Crippen LogP contribution is -2.55. The van der Waals surface area contributed by atoms with Gasteiger partial charge in [-0.15, -0.1) is 0 Å². The number of pyridine rings is 1. The molecule has 1 atom stereocenters. The molecule has 1 amide bonds. The Balaban J connectivity index is 1.62. The highest BCUT2D eigenvalue weighted by molar-refractivity contribution is 5.78. The number of rotatable bonds is 5. The van der Waals surface area contributed by atoms with E-state index in [2.05, 4.69) is 4.98 Å². The van der Waals surface area contributed by atoms with Crippen molar-refractivity contribution < 1.29 is 19.1 Å². The smallest absolute Gasteiger partial charge is 0.410 e. The van der Waals surface area contributed by atoms with Gasteiger partial charge in [0.15, 0.2) is 0 Å². The Kier molecular flexibility index (Phi) is 5.44. The monoisotopic (exact) mass is 368 g/mol. The Bertz CT molecular complexity index is 829. The van der Waals surface area contributed by atoms with E-state index in [4.69, 9.17) is 9.47 Å². The summed E-state index contributed by atoms with van der Waals surface area (Å²) in [5.41, 5.74) is 1.67. The van der Waals surface area contributed by atoms with Crippen LogP contribution in [0.3, 0.4) is 0 Å². The number of carbonyl (C=O) groups is 2. The van der Waals surface area contributed by atoms with E-state index in [1.807, 2.05) is 45.0 Å². The van der Waals surface area contributed by atoms with Crippen molar-refractivity contribution in [3.05, 3.63) is 48.0 Å². The molecule has 1 saturated heterocycles. The van der Waals surface area contributed by atoms with Gasteiger partial charge in [-0.2, -0.15) is 0 Å². The second-order valence-corrected chi connectivity index (χ2v) is 7.53. The zero-order valence-electron chi connectivity index (χ0n) is 15.8. The molecule has 0 N–H and O–H groups in total. The molecule has 2 aromatic rings. The van der Waals surface area contributed by atoms with Gasteiger partial charge in [0.1, 0.15) is 18.5 Å². The highest BCUT2D eigenvalue weighted by Crippen LogP contribution is 2.24. The summed E-state index contributed by atoms with van der Waals surface area (Å²) in [5.74, 6) is 0.486. The number of carbonyl (C=O) groups excluding carboxylic acids is 2. The molecule has 3 rings (SSSR count). The number of likely N-dealkylation sites (tertiary alicyclic amines) is 1. The number of hydrogen-bond donors (Lipinski definition) is 0. The van der Waals surface area contributed by atoms with Crippen LogP contribution >= 0.6 is 0 Å². The van der Waals surface area contributed by atoms with Crippen molar-refractivity contribution in [3.8, 4) is 17.1 Å². The van der Waals surface area contributed by atoms with Crippen LogP contribution in [-0.4, -0.2) is 47.1 Å². The van der Waals surface area contributed by atoms with Crippen molar-refractivity contribution in [2.75, 3.05) is 13.2 Å². The fourth-order valence-electron chi connectivity index (χ4n) is 2.78. The van der Waals surface area contributed by atoms with E-state index in [9.17, 15) is 9.59 Å². The minimum absolute atomic E-state index is 0.0105. The fraction of sp³-hybridized carbons (Fsp3) is 0.381. The van der Waals surface area contributed by atoms with Gasteiger partial charge in [-0.05, 0) is 39.3 Å². The molecule has 0 spiro atoms. The maximum atomic E-state index is 12.2. The number of aromatic nitrogens is 1. The van der Waals surface area contributed by atoms with Crippen LogP contribution in [0.25, 0.3) is 11.3 Å². The average Bonchev–Trinajstić information content (AvgIpc) is 2.59. The molecule has 142 valence electrons. The lowest BCUT2D eigenvalue weighted by molar-refractivity contribution is -0.0144. The summed E-state index contributed by atoms with van der Waals surface area (Å²) in [6.07, 6.45) is 1.38. The van der Waals surface area contributed by atoms with E-state index in [-0.39, 0.29) is 12.1 Å². The Hall–Kier alpha value is -2.89. The van der Waals surface area contributed by atoms with E-state index in [1.54, 1.807) is 23.1 Å². The molecule has 0 bridgehead atoms. The molecule has 0 radical (unpaired) electrons. The molecule has 1 aliphatic heterocycles. The number of benzene rings is 1. The van der Waals surface area contributed by atoms with Gasteiger partial charge in [0.25, 0.3) is 0 Å². The SMILES string of the molecule is CC(C)(C)OC(=O)N1CC[C@H]1COc1cccc(-c2cccc(C=O)c2)n1. The third-order valence-electron chi connectivity index (χ3n) is 4.24. The third kappa shape index (κ3) is 4.84. The minimum atomic E-state index is -0.510. The molecule has 1 aliphatic rings. The minimum Gasteiger partial charge on any atom is -0.475 e. The predicted molar refractivity (Wildman–Crippen MR) is 102 cm³/mol. The Morgan fingerprint density at radius 3 is 2.70 bits per heavy atom. The van der Waals surface area contributed by atoms with Crippen LogP contribution in [-0.2, 0) is 4.74 Å². The predicted octanol–water partition coefficient (Wildman–Crippen LogP) is 3.95. The number of nitrogens with zero attached hydrogens (tertiary/aromatic N) is 2. The van der Waals surface area contributed by atoms with Crippen LogP contribution < -0.4 is 4.74 Å². The maximum Gasteiger partial charge on any atom is 0.410 e.